The monoisotopic (exact) mass is 527 g/mol. The molecule has 0 spiro atoms. The lowest BCUT2D eigenvalue weighted by Crippen LogP contribution is -2.52. The van der Waals surface area contributed by atoms with Crippen molar-refractivity contribution in [2.24, 2.45) is 0 Å². The molecular weight excluding hydrogens is 494 g/mol. The largest absolute Gasteiger partial charge is 0.492 e. The van der Waals surface area contributed by atoms with Crippen LogP contribution in [0.15, 0.2) is 60.9 Å². The number of nitrogens with zero attached hydrogens (tertiary/aromatic N) is 4. The number of piperidine rings is 2. The maximum atomic E-state index is 13.0. The molecule has 0 bridgehead atoms. The van der Waals surface area contributed by atoms with Crippen LogP contribution < -0.4 is 10.1 Å². The number of carbonyl (C=O) groups is 3. The molecule has 3 aliphatic heterocycles. The zero-order valence-electron chi connectivity index (χ0n) is 21.9. The molecule has 0 saturated carbocycles. The maximum Gasteiger partial charge on any atom is 0.255 e. The van der Waals surface area contributed by atoms with Gasteiger partial charge in [0, 0.05) is 42.9 Å². The molecule has 0 aliphatic carbocycles. The van der Waals surface area contributed by atoms with Crippen molar-refractivity contribution in [1.29, 1.82) is 0 Å². The molecule has 3 aromatic rings. The molecule has 2 saturated heterocycles. The van der Waals surface area contributed by atoms with Gasteiger partial charge in [0.15, 0.2) is 0 Å². The first-order valence-corrected chi connectivity index (χ1v) is 13.7. The second kappa shape index (κ2) is 11.0. The summed E-state index contributed by atoms with van der Waals surface area (Å²) >= 11 is 0. The van der Waals surface area contributed by atoms with E-state index in [-0.39, 0.29) is 18.2 Å². The second-order valence-electron chi connectivity index (χ2n) is 10.7. The highest BCUT2D eigenvalue weighted by molar-refractivity contribution is 6.05. The summed E-state index contributed by atoms with van der Waals surface area (Å²) in [7, 11) is 0. The third-order valence-electron chi connectivity index (χ3n) is 7.95. The number of fused-ring (bicyclic) bond motifs is 1. The van der Waals surface area contributed by atoms with Crippen molar-refractivity contribution < 1.29 is 19.1 Å². The third-order valence-corrected chi connectivity index (χ3v) is 7.95. The van der Waals surface area contributed by atoms with Gasteiger partial charge in [0.05, 0.1) is 12.7 Å². The van der Waals surface area contributed by atoms with Crippen molar-refractivity contribution in [2.45, 2.75) is 63.8 Å². The molecule has 9 heteroatoms. The van der Waals surface area contributed by atoms with Gasteiger partial charge in [-0.25, -0.2) is 0 Å². The van der Waals surface area contributed by atoms with Crippen molar-refractivity contribution in [1.82, 2.24) is 24.9 Å². The summed E-state index contributed by atoms with van der Waals surface area (Å²) < 4.78 is 8.25. The Hall–Kier alpha value is -3.98. The molecule has 1 N–H and O–H groups in total. The van der Waals surface area contributed by atoms with Crippen LogP contribution in [0.4, 0.5) is 0 Å². The number of carbonyl (C=O) groups excluding carboxylic acids is 3. The number of hydrogen-bond acceptors (Lipinski definition) is 6. The minimum atomic E-state index is -0.611. The number of imide groups is 1. The summed E-state index contributed by atoms with van der Waals surface area (Å²) in [5, 5.41) is 6.92. The number of aromatic nitrogens is 2. The van der Waals surface area contributed by atoms with Gasteiger partial charge in [-0.05, 0) is 55.1 Å². The second-order valence-corrected chi connectivity index (χ2v) is 10.7. The highest BCUT2D eigenvalue weighted by atomic mass is 16.5. The third kappa shape index (κ3) is 5.59. The van der Waals surface area contributed by atoms with Gasteiger partial charge in [0.1, 0.15) is 18.4 Å². The van der Waals surface area contributed by atoms with Crippen LogP contribution in [-0.4, -0.2) is 62.5 Å². The predicted octanol–water partition coefficient (Wildman–Crippen LogP) is 3.13. The number of rotatable bonds is 8. The maximum absolute atomic E-state index is 13.0. The number of nitrogens with one attached hydrogen (secondary N) is 1. The van der Waals surface area contributed by atoms with E-state index < -0.39 is 11.9 Å². The summed E-state index contributed by atoms with van der Waals surface area (Å²) in [5.74, 6) is -0.119. The van der Waals surface area contributed by atoms with Crippen LogP contribution in [0.1, 0.15) is 59.2 Å². The molecular formula is C30H33N5O4. The van der Waals surface area contributed by atoms with Crippen molar-refractivity contribution in [2.75, 3.05) is 13.2 Å². The average Bonchev–Trinajstić information content (AvgIpc) is 3.52. The highest BCUT2D eigenvalue weighted by Gasteiger charge is 2.39. The summed E-state index contributed by atoms with van der Waals surface area (Å²) in [6, 6.07) is 15.6. The lowest BCUT2D eigenvalue weighted by atomic mass is 10.0. The molecule has 0 radical (unpaired) electrons. The minimum Gasteiger partial charge on any atom is -0.492 e. The molecule has 2 atom stereocenters. The summed E-state index contributed by atoms with van der Waals surface area (Å²) in [6.45, 7) is 3.54. The van der Waals surface area contributed by atoms with Crippen LogP contribution >= 0.6 is 0 Å². The summed E-state index contributed by atoms with van der Waals surface area (Å²) in [5.41, 5.74) is 3.88. The van der Waals surface area contributed by atoms with E-state index >= 15 is 0 Å². The van der Waals surface area contributed by atoms with Gasteiger partial charge in [-0.1, -0.05) is 36.8 Å². The molecule has 2 fully saturated rings. The lowest BCUT2D eigenvalue weighted by molar-refractivity contribution is -0.136. The SMILES string of the molecule is O=C1CCC(N2Cc3cc(OC[C@H]4CCCCN4Cc4cnn(Cc5ccccc5)c4)ccc3C2=O)C(=O)N1. The molecule has 39 heavy (non-hydrogen) atoms. The Morgan fingerprint density at radius 1 is 0.974 bits per heavy atom. The molecule has 3 amide bonds. The molecule has 9 nitrogen and oxygen atoms in total. The molecule has 1 aromatic heterocycles. The van der Waals surface area contributed by atoms with Gasteiger partial charge in [-0.3, -0.25) is 29.3 Å². The number of amides is 3. The fourth-order valence-corrected chi connectivity index (χ4v) is 5.87. The van der Waals surface area contributed by atoms with E-state index in [0.29, 0.717) is 31.2 Å². The van der Waals surface area contributed by atoms with E-state index in [2.05, 4.69) is 33.6 Å². The van der Waals surface area contributed by atoms with E-state index in [1.165, 1.54) is 24.0 Å². The molecule has 6 rings (SSSR count). The van der Waals surface area contributed by atoms with Crippen LogP contribution in [0.3, 0.4) is 0 Å². The number of hydrogen-bond donors (Lipinski definition) is 1. The molecule has 202 valence electrons. The Morgan fingerprint density at radius 2 is 1.85 bits per heavy atom. The first-order valence-electron chi connectivity index (χ1n) is 13.7. The van der Waals surface area contributed by atoms with E-state index in [1.54, 1.807) is 11.0 Å². The summed E-state index contributed by atoms with van der Waals surface area (Å²) in [4.78, 5) is 40.8. The fraction of sp³-hybridized carbons (Fsp3) is 0.400. The number of likely N-dealkylation sites (tertiary alicyclic amines) is 1. The quantitative estimate of drug-likeness (QED) is 0.452. The number of benzene rings is 2. The van der Waals surface area contributed by atoms with E-state index in [0.717, 1.165) is 37.4 Å². The van der Waals surface area contributed by atoms with Gasteiger partial charge in [0.2, 0.25) is 11.8 Å². The minimum absolute atomic E-state index is 0.169. The Kier molecular flexibility index (Phi) is 7.15. The van der Waals surface area contributed by atoms with Gasteiger partial charge in [0.25, 0.3) is 5.91 Å². The van der Waals surface area contributed by atoms with Gasteiger partial charge in [-0.2, -0.15) is 5.10 Å². The molecule has 4 heterocycles. The Bertz CT molecular complexity index is 1370. The molecule has 2 aromatic carbocycles. The standard InChI is InChI=1S/C30H33N5O4/c36-28-12-11-27(29(37)32-28)35-19-23-14-25(9-10-26(23)30(35)38)39-20-24-8-4-5-13-33(24)16-22-15-31-34(18-22)17-21-6-2-1-3-7-21/h1-3,6-7,9-10,14-15,18,24,27H,4-5,8,11-13,16-17,19-20H2,(H,32,36,37)/t24-,27?/m1/s1. The highest BCUT2D eigenvalue weighted by Crippen LogP contribution is 2.30. The van der Waals surface area contributed by atoms with Crippen LogP contribution in [-0.2, 0) is 29.2 Å². The van der Waals surface area contributed by atoms with Crippen LogP contribution in [0.2, 0.25) is 0 Å². The number of ether oxygens (including phenoxy) is 1. The first kappa shape index (κ1) is 25.3. The molecule has 1 unspecified atom stereocenters. The lowest BCUT2D eigenvalue weighted by Gasteiger charge is -2.35. The van der Waals surface area contributed by atoms with Crippen LogP contribution in [0.25, 0.3) is 0 Å². The van der Waals surface area contributed by atoms with Gasteiger partial charge < -0.3 is 9.64 Å². The van der Waals surface area contributed by atoms with Gasteiger partial charge in [-0.15, -0.1) is 0 Å². The Morgan fingerprint density at radius 3 is 2.69 bits per heavy atom. The normalized spacial score (nSPS) is 21.6. The Balaban J connectivity index is 1.06. The van der Waals surface area contributed by atoms with E-state index in [4.69, 9.17) is 4.74 Å². The smallest absolute Gasteiger partial charge is 0.255 e. The zero-order valence-corrected chi connectivity index (χ0v) is 21.9. The van der Waals surface area contributed by atoms with Crippen molar-refractivity contribution in [3.05, 3.63) is 83.2 Å². The fourth-order valence-electron chi connectivity index (χ4n) is 5.87. The van der Waals surface area contributed by atoms with Crippen molar-refractivity contribution in [3.8, 4) is 5.75 Å². The van der Waals surface area contributed by atoms with Crippen molar-refractivity contribution in [3.63, 3.8) is 0 Å². The molecule has 3 aliphatic rings. The van der Waals surface area contributed by atoms with Crippen molar-refractivity contribution >= 4 is 17.7 Å². The van der Waals surface area contributed by atoms with Crippen LogP contribution in [0, 0.1) is 0 Å². The zero-order chi connectivity index (χ0) is 26.8. The average molecular weight is 528 g/mol. The van der Waals surface area contributed by atoms with Gasteiger partial charge >= 0.3 is 0 Å². The van der Waals surface area contributed by atoms with Crippen LogP contribution in [0.5, 0.6) is 5.75 Å². The van der Waals surface area contributed by atoms with E-state index in [9.17, 15) is 14.4 Å². The predicted molar refractivity (Wildman–Crippen MR) is 144 cm³/mol. The van der Waals surface area contributed by atoms with E-state index in [1.807, 2.05) is 41.2 Å². The first-order chi connectivity index (χ1) is 19.0. The topological polar surface area (TPSA) is 96.8 Å². The Labute approximate surface area is 227 Å². The summed E-state index contributed by atoms with van der Waals surface area (Å²) in [6.07, 6.45) is 8.12.